The number of aliphatic hydroxyl groups is 1. The molecule has 2 fully saturated rings. The minimum Gasteiger partial charge on any atom is -0.444 e. The van der Waals surface area contributed by atoms with Gasteiger partial charge in [0.2, 0.25) is 0 Å². The van der Waals surface area contributed by atoms with Crippen LogP contribution in [-0.2, 0) is 9.47 Å². The largest absolute Gasteiger partial charge is 0.444 e. The normalized spacial score (nSPS) is 32.2. The average molecular weight is 257 g/mol. The molecule has 1 amide bonds. The van der Waals surface area contributed by atoms with E-state index in [2.05, 4.69) is 0 Å². The molecule has 3 unspecified atom stereocenters. The maximum Gasteiger partial charge on any atom is 0.410 e. The lowest BCUT2D eigenvalue weighted by atomic mass is 9.99. The molecular weight excluding hydrogens is 234 g/mol. The molecular formula is C13H23NO4. The van der Waals surface area contributed by atoms with Crippen LogP contribution in [-0.4, -0.2) is 53.1 Å². The van der Waals surface area contributed by atoms with Crippen LogP contribution in [0.1, 0.15) is 40.0 Å². The molecule has 0 saturated carbocycles. The van der Waals surface area contributed by atoms with Gasteiger partial charge in [0, 0.05) is 6.54 Å². The zero-order valence-electron chi connectivity index (χ0n) is 11.4. The Hall–Kier alpha value is -0.810. The van der Waals surface area contributed by atoms with Gasteiger partial charge in [0.1, 0.15) is 5.60 Å². The summed E-state index contributed by atoms with van der Waals surface area (Å²) in [6, 6.07) is 0.114. The van der Waals surface area contributed by atoms with Gasteiger partial charge in [-0.1, -0.05) is 0 Å². The van der Waals surface area contributed by atoms with Crippen molar-refractivity contribution >= 4 is 6.09 Å². The molecule has 0 aliphatic carbocycles. The standard InChI is InChI=1S/C13H23NO4/c1-13(2,3)18-12(16)14-7-6-11-10(14)5-4-9(8-15)17-11/h9-11,15H,4-8H2,1-3H3. The van der Waals surface area contributed by atoms with Crippen LogP contribution < -0.4 is 0 Å². The highest BCUT2D eigenvalue weighted by molar-refractivity contribution is 5.69. The van der Waals surface area contributed by atoms with E-state index < -0.39 is 5.60 Å². The van der Waals surface area contributed by atoms with Crippen molar-refractivity contribution in [2.24, 2.45) is 0 Å². The van der Waals surface area contributed by atoms with Crippen LogP contribution >= 0.6 is 0 Å². The maximum atomic E-state index is 12.1. The van der Waals surface area contributed by atoms with Crippen LogP contribution in [0.2, 0.25) is 0 Å². The summed E-state index contributed by atoms with van der Waals surface area (Å²) in [6.07, 6.45) is 2.27. The van der Waals surface area contributed by atoms with E-state index >= 15 is 0 Å². The molecule has 2 saturated heterocycles. The fourth-order valence-corrected chi connectivity index (χ4v) is 2.68. The Bertz CT molecular complexity index is 313. The van der Waals surface area contributed by atoms with Crippen molar-refractivity contribution in [3.63, 3.8) is 0 Å². The molecule has 2 aliphatic rings. The van der Waals surface area contributed by atoms with Crippen LogP contribution in [0, 0.1) is 0 Å². The van der Waals surface area contributed by atoms with E-state index in [1.807, 2.05) is 20.8 Å². The van der Waals surface area contributed by atoms with Crippen LogP contribution in [0.4, 0.5) is 4.79 Å². The fraction of sp³-hybridized carbons (Fsp3) is 0.923. The molecule has 0 aromatic rings. The second-order valence-electron chi connectivity index (χ2n) is 6.09. The monoisotopic (exact) mass is 257 g/mol. The van der Waals surface area contributed by atoms with Gasteiger partial charge in [-0.15, -0.1) is 0 Å². The molecule has 2 rings (SSSR count). The Balaban J connectivity index is 1.95. The Morgan fingerprint density at radius 1 is 1.39 bits per heavy atom. The first-order valence-electron chi connectivity index (χ1n) is 6.66. The molecule has 5 nitrogen and oxygen atoms in total. The van der Waals surface area contributed by atoms with E-state index in [-0.39, 0.29) is 30.9 Å². The number of likely N-dealkylation sites (tertiary alicyclic amines) is 1. The molecule has 0 radical (unpaired) electrons. The topological polar surface area (TPSA) is 59.0 Å². The van der Waals surface area contributed by atoms with Gasteiger partial charge < -0.3 is 19.5 Å². The molecule has 2 aliphatic heterocycles. The molecule has 18 heavy (non-hydrogen) atoms. The number of hydrogen-bond donors (Lipinski definition) is 1. The Labute approximate surface area is 108 Å². The van der Waals surface area contributed by atoms with Gasteiger partial charge in [0.15, 0.2) is 0 Å². The number of amides is 1. The minimum absolute atomic E-state index is 0.0587. The summed E-state index contributed by atoms with van der Waals surface area (Å²) in [5.41, 5.74) is -0.460. The SMILES string of the molecule is CC(C)(C)OC(=O)N1CCC2OC(CO)CCC21. The quantitative estimate of drug-likeness (QED) is 0.774. The van der Waals surface area contributed by atoms with Crippen molar-refractivity contribution in [2.75, 3.05) is 13.2 Å². The molecule has 0 aromatic heterocycles. The Kier molecular flexibility index (Phi) is 3.82. The molecule has 104 valence electrons. The lowest BCUT2D eigenvalue weighted by molar-refractivity contribution is -0.0877. The van der Waals surface area contributed by atoms with Gasteiger partial charge in [-0.3, -0.25) is 0 Å². The molecule has 5 heteroatoms. The highest BCUT2D eigenvalue weighted by atomic mass is 16.6. The van der Waals surface area contributed by atoms with Gasteiger partial charge in [-0.05, 0) is 40.0 Å². The molecule has 1 N–H and O–H groups in total. The predicted octanol–water partition coefficient (Wildman–Crippen LogP) is 1.54. The lowest BCUT2D eigenvalue weighted by Gasteiger charge is -2.35. The summed E-state index contributed by atoms with van der Waals surface area (Å²) in [7, 11) is 0. The zero-order valence-corrected chi connectivity index (χ0v) is 11.4. The van der Waals surface area contributed by atoms with E-state index in [1.54, 1.807) is 4.90 Å². The minimum atomic E-state index is -0.460. The van der Waals surface area contributed by atoms with E-state index in [9.17, 15) is 4.79 Å². The van der Waals surface area contributed by atoms with E-state index in [1.165, 1.54) is 0 Å². The number of rotatable bonds is 1. The van der Waals surface area contributed by atoms with Gasteiger partial charge in [-0.25, -0.2) is 4.79 Å². The zero-order chi connectivity index (χ0) is 13.3. The number of carbonyl (C=O) groups excluding carboxylic acids is 1. The summed E-state index contributed by atoms with van der Waals surface area (Å²) in [5.74, 6) is 0. The summed E-state index contributed by atoms with van der Waals surface area (Å²) in [5, 5.41) is 9.11. The smallest absolute Gasteiger partial charge is 0.410 e. The summed E-state index contributed by atoms with van der Waals surface area (Å²) in [4.78, 5) is 13.8. The predicted molar refractivity (Wildman–Crippen MR) is 66.3 cm³/mol. The van der Waals surface area contributed by atoms with Gasteiger partial charge in [-0.2, -0.15) is 0 Å². The van der Waals surface area contributed by atoms with Crippen molar-refractivity contribution in [3.8, 4) is 0 Å². The summed E-state index contributed by atoms with van der Waals surface area (Å²) < 4.78 is 11.2. The van der Waals surface area contributed by atoms with Crippen molar-refractivity contribution in [3.05, 3.63) is 0 Å². The molecule has 0 aromatic carbocycles. The summed E-state index contributed by atoms with van der Waals surface area (Å²) in [6.45, 7) is 6.37. The number of carbonyl (C=O) groups is 1. The van der Waals surface area contributed by atoms with E-state index in [4.69, 9.17) is 14.6 Å². The second-order valence-corrected chi connectivity index (χ2v) is 6.09. The number of fused-ring (bicyclic) bond motifs is 1. The molecule has 3 atom stereocenters. The first-order chi connectivity index (χ1) is 8.40. The van der Waals surface area contributed by atoms with Crippen molar-refractivity contribution in [1.82, 2.24) is 4.90 Å². The number of hydrogen-bond acceptors (Lipinski definition) is 4. The molecule has 0 bridgehead atoms. The van der Waals surface area contributed by atoms with Gasteiger partial charge in [0.25, 0.3) is 0 Å². The highest BCUT2D eigenvalue weighted by Crippen LogP contribution is 2.32. The Morgan fingerprint density at radius 3 is 2.72 bits per heavy atom. The van der Waals surface area contributed by atoms with Crippen molar-refractivity contribution in [1.29, 1.82) is 0 Å². The van der Waals surface area contributed by atoms with Crippen LogP contribution in [0.5, 0.6) is 0 Å². The maximum absolute atomic E-state index is 12.1. The first kappa shape index (κ1) is 13.6. The third-order valence-corrected chi connectivity index (χ3v) is 3.47. The third-order valence-electron chi connectivity index (χ3n) is 3.47. The molecule has 2 heterocycles. The van der Waals surface area contributed by atoms with Crippen LogP contribution in [0.15, 0.2) is 0 Å². The number of ether oxygens (including phenoxy) is 2. The van der Waals surface area contributed by atoms with E-state index in [0.29, 0.717) is 6.54 Å². The van der Waals surface area contributed by atoms with Crippen molar-refractivity contribution in [2.45, 2.75) is 63.9 Å². The van der Waals surface area contributed by atoms with Crippen LogP contribution in [0.3, 0.4) is 0 Å². The second kappa shape index (κ2) is 5.05. The Morgan fingerprint density at radius 2 is 2.11 bits per heavy atom. The first-order valence-corrected chi connectivity index (χ1v) is 6.66. The molecule has 0 spiro atoms. The number of aliphatic hydroxyl groups excluding tert-OH is 1. The van der Waals surface area contributed by atoms with Gasteiger partial charge in [0.05, 0.1) is 24.9 Å². The van der Waals surface area contributed by atoms with Crippen molar-refractivity contribution < 1.29 is 19.4 Å². The van der Waals surface area contributed by atoms with Gasteiger partial charge >= 0.3 is 6.09 Å². The van der Waals surface area contributed by atoms with E-state index in [0.717, 1.165) is 19.3 Å². The fourth-order valence-electron chi connectivity index (χ4n) is 2.68. The van der Waals surface area contributed by atoms with Crippen LogP contribution in [0.25, 0.3) is 0 Å². The lowest BCUT2D eigenvalue weighted by Crippen LogP contribution is -2.47. The summed E-state index contributed by atoms with van der Waals surface area (Å²) >= 11 is 0. The number of nitrogens with zero attached hydrogens (tertiary/aromatic N) is 1. The average Bonchev–Trinajstić information content (AvgIpc) is 2.69. The highest BCUT2D eigenvalue weighted by Gasteiger charge is 2.43. The third kappa shape index (κ3) is 2.95.